The second-order valence-corrected chi connectivity index (χ2v) is 7.65. The van der Waals surface area contributed by atoms with E-state index in [1.165, 1.54) is 23.3 Å². The molecule has 0 aromatic heterocycles. The van der Waals surface area contributed by atoms with Gasteiger partial charge in [-0.2, -0.15) is 0 Å². The zero-order valence-corrected chi connectivity index (χ0v) is 17.9. The molecule has 158 valence electrons. The highest BCUT2D eigenvalue weighted by molar-refractivity contribution is 5.36. The van der Waals surface area contributed by atoms with Crippen LogP contribution in [0.15, 0.2) is 72.8 Å². The van der Waals surface area contributed by atoms with Crippen LogP contribution in [-0.4, -0.2) is 19.8 Å². The zero-order chi connectivity index (χ0) is 21.3. The summed E-state index contributed by atoms with van der Waals surface area (Å²) in [7, 11) is 1.67. The third-order valence-corrected chi connectivity index (χ3v) is 5.02. The first-order chi connectivity index (χ1) is 14.5. The van der Waals surface area contributed by atoms with Crippen molar-refractivity contribution in [2.45, 2.75) is 38.8 Å². The van der Waals surface area contributed by atoms with Crippen LogP contribution in [0.1, 0.15) is 42.9 Å². The first-order valence-corrected chi connectivity index (χ1v) is 10.4. The van der Waals surface area contributed by atoms with Crippen molar-refractivity contribution in [3.63, 3.8) is 0 Å². The van der Waals surface area contributed by atoms with E-state index < -0.39 is 0 Å². The molecule has 1 atom stereocenters. The molecule has 1 N–H and O–H groups in total. The molecule has 4 heteroatoms. The minimum absolute atomic E-state index is 0.144. The maximum atomic E-state index is 13.4. The molecule has 1 unspecified atom stereocenters. The normalized spacial score (nSPS) is 12.0. The Morgan fingerprint density at radius 1 is 0.800 bits per heavy atom. The number of methoxy groups -OCH3 is 1. The van der Waals surface area contributed by atoms with Crippen LogP contribution >= 0.6 is 0 Å². The third kappa shape index (κ3) is 6.33. The first-order valence-electron chi connectivity index (χ1n) is 10.4. The molecule has 0 bridgehead atoms. The molecule has 30 heavy (non-hydrogen) atoms. The lowest BCUT2D eigenvalue weighted by molar-refractivity contribution is 0.242. The van der Waals surface area contributed by atoms with Crippen LogP contribution in [0.4, 0.5) is 4.39 Å². The van der Waals surface area contributed by atoms with Gasteiger partial charge < -0.3 is 14.8 Å². The Morgan fingerprint density at radius 3 is 1.93 bits per heavy atom. The molecular formula is C26H30FNO2. The van der Waals surface area contributed by atoms with Gasteiger partial charge in [0, 0.05) is 12.5 Å². The fourth-order valence-corrected chi connectivity index (χ4v) is 3.49. The van der Waals surface area contributed by atoms with E-state index in [0.717, 1.165) is 36.6 Å². The van der Waals surface area contributed by atoms with E-state index in [1.807, 2.05) is 50.2 Å². The highest BCUT2D eigenvalue weighted by atomic mass is 19.1. The molecule has 0 saturated heterocycles. The van der Waals surface area contributed by atoms with Crippen LogP contribution in [0, 0.1) is 5.82 Å². The van der Waals surface area contributed by atoms with Gasteiger partial charge in [0.2, 0.25) is 0 Å². The fraction of sp³-hybridized carbons (Fsp3) is 0.308. The second-order valence-electron chi connectivity index (χ2n) is 7.65. The van der Waals surface area contributed by atoms with Crippen molar-refractivity contribution in [1.29, 1.82) is 0 Å². The molecule has 0 aliphatic carbocycles. The Kier molecular flexibility index (Phi) is 7.86. The Bertz CT molecular complexity index is 890. The molecule has 3 aromatic carbocycles. The van der Waals surface area contributed by atoms with Crippen LogP contribution in [0.3, 0.4) is 0 Å². The van der Waals surface area contributed by atoms with Crippen molar-refractivity contribution < 1.29 is 13.9 Å². The summed E-state index contributed by atoms with van der Waals surface area (Å²) in [6, 6.07) is 23.1. The van der Waals surface area contributed by atoms with Gasteiger partial charge in [0.25, 0.3) is 0 Å². The lowest BCUT2D eigenvalue weighted by Crippen LogP contribution is -2.18. The van der Waals surface area contributed by atoms with Crippen LogP contribution in [0.2, 0.25) is 0 Å². The van der Waals surface area contributed by atoms with Gasteiger partial charge in [0.15, 0.2) is 0 Å². The maximum Gasteiger partial charge on any atom is 0.123 e. The summed E-state index contributed by atoms with van der Waals surface area (Å²) in [6.07, 6.45) is 1.05. The second kappa shape index (κ2) is 10.8. The lowest BCUT2D eigenvalue weighted by atomic mass is 9.88. The summed E-state index contributed by atoms with van der Waals surface area (Å²) in [5.74, 6) is 1.70. The summed E-state index contributed by atoms with van der Waals surface area (Å²) in [6.45, 7) is 5.67. The average Bonchev–Trinajstić information content (AvgIpc) is 2.75. The quantitative estimate of drug-likeness (QED) is 0.422. The van der Waals surface area contributed by atoms with Gasteiger partial charge >= 0.3 is 0 Å². The number of benzene rings is 3. The predicted octanol–water partition coefficient (Wildman–Crippen LogP) is 5.93. The first kappa shape index (κ1) is 21.8. The summed E-state index contributed by atoms with van der Waals surface area (Å²) < 4.78 is 24.4. The monoisotopic (exact) mass is 407 g/mol. The molecule has 0 aliphatic rings. The molecule has 3 rings (SSSR count). The molecule has 3 nitrogen and oxygen atoms in total. The largest absolute Gasteiger partial charge is 0.497 e. The Hall–Kier alpha value is -2.85. The van der Waals surface area contributed by atoms with Gasteiger partial charge in [-0.3, -0.25) is 0 Å². The molecule has 0 radical (unpaired) electrons. The van der Waals surface area contributed by atoms with Crippen molar-refractivity contribution in [1.82, 2.24) is 5.32 Å². The van der Waals surface area contributed by atoms with Gasteiger partial charge in [0.05, 0.1) is 13.2 Å². The molecular weight excluding hydrogens is 377 g/mol. The lowest BCUT2D eigenvalue weighted by Gasteiger charge is -2.19. The number of halogens is 1. The summed E-state index contributed by atoms with van der Waals surface area (Å²) in [4.78, 5) is 0. The molecule has 0 heterocycles. The number of ether oxygens (including phenoxy) is 2. The maximum absolute atomic E-state index is 13.4. The van der Waals surface area contributed by atoms with Crippen LogP contribution in [0.25, 0.3) is 0 Å². The van der Waals surface area contributed by atoms with Gasteiger partial charge in [-0.15, -0.1) is 0 Å². The van der Waals surface area contributed by atoms with Crippen LogP contribution in [-0.2, 0) is 6.54 Å². The van der Waals surface area contributed by atoms with Gasteiger partial charge in [-0.05, 0) is 79.9 Å². The SMILES string of the molecule is COc1ccc(CNCCC(c2ccc(F)cc2)c2ccc(OC(C)C)cc2)cc1. The Balaban J connectivity index is 1.66. The molecule has 0 saturated carbocycles. The van der Waals surface area contributed by atoms with Gasteiger partial charge in [-0.1, -0.05) is 36.4 Å². The number of rotatable bonds is 10. The molecule has 0 fully saturated rings. The third-order valence-electron chi connectivity index (χ3n) is 5.02. The van der Waals surface area contributed by atoms with E-state index in [2.05, 4.69) is 29.6 Å². The van der Waals surface area contributed by atoms with Crippen molar-refractivity contribution in [2.75, 3.05) is 13.7 Å². The van der Waals surface area contributed by atoms with Crippen molar-refractivity contribution in [3.05, 3.63) is 95.3 Å². The number of nitrogens with one attached hydrogen (secondary N) is 1. The van der Waals surface area contributed by atoms with E-state index in [1.54, 1.807) is 7.11 Å². The van der Waals surface area contributed by atoms with Crippen molar-refractivity contribution in [2.24, 2.45) is 0 Å². The van der Waals surface area contributed by atoms with Gasteiger partial charge in [0.1, 0.15) is 17.3 Å². The van der Waals surface area contributed by atoms with Gasteiger partial charge in [-0.25, -0.2) is 4.39 Å². The Morgan fingerprint density at radius 2 is 1.37 bits per heavy atom. The fourth-order valence-electron chi connectivity index (χ4n) is 3.49. The minimum atomic E-state index is -0.212. The topological polar surface area (TPSA) is 30.5 Å². The van der Waals surface area contributed by atoms with E-state index in [0.29, 0.717) is 0 Å². The average molecular weight is 408 g/mol. The summed E-state index contributed by atoms with van der Waals surface area (Å²) in [5.41, 5.74) is 3.52. The molecule has 0 spiro atoms. The van der Waals surface area contributed by atoms with Crippen LogP contribution in [0.5, 0.6) is 11.5 Å². The van der Waals surface area contributed by atoms with Crippen LogP contribution < -0.4 is 14.8 Å². The number of hydrogen-bond donors (Lipinski definition) is 1. The van der Waals surface area contributed by atoms with E-state index in [-0.39, 0.29) is 17.8 Å². The molecule has 0 aliphatic heterocycles. The standard InChI is InChI=1S/C26H30FNO2/c1-19(2)30-25-14-8-22(9-15-25)26(21-6-10-23(27)11-7-21)16-17-28-18-20-4-12-24(29-3)13-5-20/h4-15,19,26,28H,16-18H2,1-3H3. The number of hydrogen-bond acceptors (Lipinski definition) is 3. The Labute approximate surface area is 178 Å². The highest BCUT2D eigenvalue weighted by Crippen LogP contribution is 2.29. The minimum Gasteiger partial charge on any atom is -0.497 e. The highest BCUT2D eigenvalue weighted by Gasteiger charge is 2.14. The molecule has 3 aromatic rings. The van der Waals surface area contributed by atoms with E-state index in [9.17, 15) is 4.39 Å². The smallest absolute Gasteiger partial charge is 0.123 e. The summed E-state index contributed by atoms with van der Waals surface area (Å²) in [5, 5.41) is 3.52. The van der Waals surface area contributed by atoms with E-state index >= 15 is 0 Å². The summed E-state index contributed by atoms with van der Waals surface area (Å²) >= 11 is 0. The zero-order valence-electron chi connectivity index (χ0n) is 17.9. The van der Waals surface area contributed by atoms with Crippen molar-refractivity contribution in [3.8, 4) is 11.5 Å². The van der Waals surface area contributed by atoms with E-state index in [4.69, 9.17) is 9.47 Å². The molecule has 0 amide bonds. The predicted molar refractivity (Wildman–Crippen MR) is 120 cm³/mol. The van der Waals surface area contributed by atoms with Crippen molar-refractivity contribution >= 4 is 0 Å².